The summed E-state index contributed by atoms with van der Waals surface area (Å²) in [6, 6.07) is 3.93. The summed E-state index contributed by atoms with van der Waals surface area (Å²) in [5.74, 6) is 0. The molecule has 0 bridgehead atoms. The Balaban J connectivity index is 2.21. The molecule has 0 amide bonds. The lowest BCUT2D eigenvalue weighted by molar-refractivity contribution is 0.160. The molecule has 0 aliphatic carbocycles. The number of likely N-dealkylation sites (N-methyl/N-ethyl adjacent to an activating group) is 1. The van der Waals surface area contributed by atoms with Crippen LogP contribution in [0.15, 0.2) is 16.3 Å². The maximum Gasteiger partial charge on any atom is 0.252 e. The van der Waals surface area contributed by atoms with Crippen LogP contribution in [0, 0.1) is 0 Å². The molecular formula is C12H20N2O2S2. The van der Waals surface area contributed by atoms with Crippen LogP contribution < -0.4 is 0 Å². The average molecular weight is 288 g/mol. The van der Waals surface area contributed by atoms with Crippen LogP contribution in [-0.2, 0) is 16.4 Å². The summed E-state index contributed by atoms with van der Waals surface area (Å²) in [5, 5.41) is 0. The molecule has 1 saturated heterocycles. The van der Waals surface area contributed by atoms with E-state index < -0.39 is 10.0 Å². The highest BCUT2D eigenvalue weighted by molar-refractivity contribution is 7.91. The Bertz CT molecular complexity index is 510. The summed E-state index contributed by atoms with van der Waals surface area (Å²) in [4.78, 5) is 3.31. The third-order valence-corrected chi connectivity index (χ3v) is 7.06. The van der Waals surface area contributed by atoms with Crippen LogP contribution in [0.3, 0.4) is 0 Å². The molecule has 1 aromatic heterocycles. The molecule has 1 aliphatic rings. The van der Waals surface area contributed by atoms with E-state index >= 15 is 0 Å². The molecule has 4 nitrogen and oxygen atoms in total. The van der Waals surface area contributed by atoms with Crippen molar-refractivity contribution in [2.75, 3.05) is 26.7 Å². The lowest BCUT2D eigenvalue weighted by atomic mass is 10.2. The lowest BCUT2D eigenvalue weighted by Crippen LogP contribution is -2.51. The molecule has 1 atom stereocenters. The van der Waals surface area contributed by atoms with Gasteiger partial charge in [-0.2, -0.15) is 4.31 Å². The van der Waals surface area contributed by atoms with Crippen molar-refractivity contribution in [2.24, 2.45) is 0 Å². The third kappa shape index (κ3) is 2.61. The maximum absolute atomic E-state index is 12.5. The number of hydrogen-bond donors (Lipinski definition) is 0. The second kappa shape index (κ2) is 5.28. The smallest absolute Gasteiger partial charge is 0.252 e. The zero-order valence-corrected chi connectivity index (χ0v) is 12.7. The van der Waals surface area contributed by atoms with Crippen molar-refractivity contribution >= 4 is 21.4 Å². The minimum atomic E-state index is -3.28. The van der Waals surface area contributed by atoms with E-state index in [-0.39, 0.29) is 6.04 Å². The molecule has 6 heteroatoms. The topological polar surface area (TPSA) is 40.6 Å². The van der Waals surface area contributed by atoms with Gasteiger partial charge in [0.05, 0.1) is 0 Å². The van der Waals surface area contributed by atoms with Crippen LogP contribution in [0.2, 0.25) is 0 Å². The van der Waals surface area contributed by atoms with Gasteiger partial charge in [0, 0.05) is 30.6 Å². The van der Waals surface area contributed by atoms with Crippen LogP contribution in [0.1, 0.15) is 18.7 Å². The van der Waals surface area contributed by atoms with Gasteiger partial charge in [-0.25, -0.2) is 8.42 Å². The summed E-state index contributed by atoms with van der Waals surface area (Å²) in [7, 11) is -1.25. The van der Waals surface area contributed by atoms with Crippen LogP contribution >= 0.6 is 11.3 Å². The van der Waals surface area contributed by atoms with Crippen LogP contribution in [0.4, 0.5) is 0 Å². The zero-order valence-electron chi connectivity index (χ0n) is 11.1. The van der Waals surface area contributed by atoms with E-state index in [2.05, 4.69) is 11.8 Å². The molecular weight excluding hydrogens is 268 g/mol. The standard InChI is InChI=1S/C12H20N2O2S2/c1-4-11-5-6-12(17-11)18(15,16)14-8-7-13(3)10(2)9-14/h5-6,10H,4,7-9H2,1-3H3. The molecule has 0 N–H and O–H groups in total. The molecule has 102 valence electrons. The van der Waals surface area contributed by atoms with E-state index in [1.807, 2.05) is 20.0 Å². The number of hydrogen-bond acceptors (Lipinski definition) is 4. The summed E-state index contributed by atoms with van der Waals surface area (Å²) in [6.45, 7) is 6.07. The van der Waals surface area contributed by atoms with Crippen molar-refractivity contribution in [3.63, 3.8) is 0 Å². The van der Waals surface area contributed by atoms with Crippen molar-refractivity contribution in [1.29, 1.82) is 0 Å². The Morgan fingerprint density at radius 2 is 2.11 bits per heavy atom. The Morgan fingerprint density at radius 1 is 1.39 bits per heavy atom. The Morgan fingerprint density at radius 3 is 2.67 bits per heavy atom. The van der Waals surface area contributed by atoms with E-state index in [1.165, 1.54) is 11.3 Å². The van der Waals surface area contributed by atoms with Gasteiger partial charge in [0.25, 0.3) is 10.0 Å². The summed E-state index contributed by atoms with van der Waals surface area (Å²) in [6.07, 6.45) is 0.888. The van der Waals surface area contributed by atoms with E-state index in [0.717, 1.165) is 17.8 Å². The monoisotopic (exact) mass is 288 g/mol. The molecule has 0 saturated carbocycles. The fraction of sp³-hybridized carbons (Fsp3) is 0.667. The minimum Gasteiger partial charge on any atom is -0.301 e. The Hall–Kier alpha value is -0.430. The fourth-order valence-electron chi connectivity index (χ4n) is 2.05. The number of sulfonamides is 1. The molecule has 1 aliphatic heterocycles. The average Bonchev–Trinajstić information content (AvgIpc) is 2.81. The molecule has 1 aromatic rings. The number of rotatable bonds is 3. The van der Waals surface area contributed by atoms with E-state index in [9.17, 15) is 8.42 Å². The molecule has 0 radical (unpaired) electrons. The van der Waals surface area contributed by atoms with Gasteiger partial charge in [-0.05, 0) is 32.5 Å². The third-order valence-electron chi connectivity index (χ3n) is 3.50. The lowest BCUT2D eigenvalue weighted by Gasteiger charge is -2.36. The Kier molecular flexibility index (Phi) is 4.11. The number of aryl methyl sites for hydroxylation is 1. The van der Waals surface area contributed by atoms with Crippen LogP contribution in [0.25, 0.3) is 0 Å². The maximum atomic E-state index is 12.5. The van der Waals surface area contributed by atoms with Gasteiger partial charge in [0.15, 0.2) is 0 Å². The number of piperazine rings is 1. The summed E-state index contributed by atoms with van der Waals surface area (Å²) < 4.78 is 27.1. The summed E-state index contributed by atoms with van der Waals surface area (Å²) in [5.41, 5.74) is 0. The van der Waals surface area contributed by atoms with Crippen LogP contribution in [-0.4, -0.2) is 50.3 Å². The van der Waals surface area contributed by atoms with Crippen LogP contribution in [0.5, 0.6) is 0 Å². The number of nitrogens with zero attached hydrogens (tertiary/aromatic N) is 2. The van der Waals surface area contributed by atoms with E-state index in [4.69, 9.17) is 0 Å². The van der Waals surface area contributed by atoms with Gasteiger partial charge in [-0.3, -0.25) is 0 Å². The van der Waals surface area contributed by atoms with Gasteiger partial charge in [0.1, 0.15) is 4.21 Å². The second-order valence-corrected chi connectivity index (χ2v) is 8.10. The minimum absolute atomic E-state index is 0.277. The molecule has 2 rings (SSSR count). The Labute approximate surface area is 113 Å². The fourth-order valence-corrected chi connectivity index (χ4v) is 5.01. The number of thiophene rings is 1. The van der Waals surface area contributed by atoms with Gasteiger partial charge in [-0.1, -0.05) is 6.92 Å². The van der Waals surface area contributed by atoms with Gasteiger partial charge in [0.2, 0.25) is 0 Å². The van der Waals surface area contributed by atoms with Crippen molar-refractivity contribution in [3.8, 4) is 0 Å². The highest BCUT2D eigenvalue weighted by Crippen LogP contribution is 2.26. The van der Waals surface area contributed by atoms with Gasteiger partial charge >= 0.3 is 0 Å². The predicted molar refractivity (Wildman–Crippen MR) is 74.5 cm³/mol. The SMILES string of the molecule is CCc1ccc(S(=O)(=O)N2CCN(C)C(C)C2)s1. The van der Waals surface area contributed by atoms with E-state index in [0.29, 0.717) is 17.3 Å². The zero-order chi connectivity index (χ0) is 13.3. The van der Waals surface area contributed by atoms with Gasteiger partial charge < -0.3 is 4.90 Å². The van der Waals surface area contributed by atoms with Crippen molar-refractivity contribution in [1.82, 2.24) is 9.21 Å². The normalized spacial score (nSPS) is 23.4. The highest BCUT2D eigenvalue weighted by atomic mass is 32.2. The van der Waals surface area contributed by atoms with Crippen molar-refractivity contribution in [3.05, 3.63) is 17.0 Å². The highest BCUT2D eigenvalue weighted by Gasteiger charge is 2.31. The quantitative estimate of drug-likeness (QED) is 0.849. The van der Waals surface area contributed by atoms with Crippen molar-refractivity contribution < 1.29 is 8.42 Å². The molecule has 2 heterocycles. The second-order valence-electron chi connectivity index (χ2n) is 4.77. The molecule has 1 unspecified atom stereocenters. The predicted octanol–water partition coefficient (Wildman–Crippen LogP) is 1.64. The molecule has 0 spiro atoms. The largest absolute Gasteiger partial charge is 0.301 e. The molecule has 18 heavy (non-hydrogen) atoms. The first kappa shape index (κ1) is 14.0. The van der Waals surface area contributed by atoms with E-state index in [1.54, 1.807) is 10.4 Å². The molecule has 1 fully saturated rings. The summed E-state index contributed by atoms with van der Waals surface area (Å²) >= 11 is 1.39. The first-order chi connectivity index (χ1) is 8.45. The first-order valence-corrected chi connectivity index (χ1v) is 8.50. The first-order valence-electron chi connectivity index (χ1n) is 6.24. The molecule has 0 aromatic carbocycles. The van der Waals surface area contributed by atoms with Gasteiger partial charge in [-0.15, -0.1) is 11.3 Å². The van der Waals surface area contributed by atoms with Crippen molar-refractivity contribution in [2.45, 2.75) is 30.5 Å².